The predicted molar refractivity (Wildman–Crippen MR) is 150 cm³/mol. The highest BCUT2D eigenvalue weighted by Gasteiger charge is 2.37. The lowest BCUT2D eigenvalue weighted by atomic mass is 10.0. The van der Waals surface area contributed by atoms with E-state index in [9.17, 15) is 14.4 Å². The van der Waals surface area contributed by atoms with Crippen molar-refractivity contribution in [3.63, 3.8) is 0 Å². The summed E-state index contributed by atoms with van der Waals surface area (Å²) in [7, 11) is 0. The van der Waals surface area contributed by atoms with Gasteiger partial charge in [0.2, 0.25) is 0 Å². The van der Waals surface area contributed by atoms with Gasteiger partial charge < -0.3 is 4.57 Å². The molecule has 1 aromatic heterocycles. The molecule has 3 aromatic carbocycles. The Morgan fingerprint density at radius 2 is 1.73 bits per heavy atom. The molecule has 37 heavy (non-hydrogen) atoms. The summed E-state index contributed by atoms with van der Waals surface area (Å²) in [5, 5.41) is 4.26. The highest BCUT2D eigenvalue weighted by Crippen LogP contribution is 2.32. The molecule has 0 radical (unpaired) electrons. The van der Waals surface area contributed by atoms with Crippen LogP contribution in [0.3, 0.4) is 0 Å². The molecule has 1 fully saturated rings. The van der Waals surface area contributed by atoms with Crippen LogP contribution in [0.25, 0.3) is 17.0 Å². The molecule has 1 saturated heterocycles. The number of hydrogen-bond acceptors (Lipinski definition) is 3. The van der Waals surface area contributed by atoms with Gasteiger partial charge in [-0.25, -0.2) is 9.69 Å². The Morgan fingerprint density at radius 3 is 2.46 bits per heavy atom. The van der Waals surface area contributed by atoms with E-state index in [-0.39, 0.29) is 5.57 Å². The topological polar surface area (TPSA) is 71.4 Å². The number of fused-ring (bicyclic) bond motifs is 1. The average molecular weight is 597 g/mol. The number of aromatic nitrogens is 1. The molecule has 0 aliphatic carbocycles. The molecule has 0 saturated carbocycles. The minimum Gasteiger partial charge on any atom is -0.340 e. The molecule has 1 aliphatic heterocycles. The van der Waals surface area contributed by atoms with E-state index in [0.717, 1.165) is 37.1 Å². The number of imide groups is 2. The van der Waals surface area contributed by atoms with Crippen molar-refractivity contribution in [2.45, 2.75) is 20.4 Å². The highest BCUT2D eigenvalue weighted by atomic mass is 79.9. The number of para-hydroxylation sites is 1. The van der Waals surface area contributed by atoms with Gasteiger partial charge >= 0.3 is 6.03 Å². The lowest BCUT2D eigenvalue weighted by Gasteiger charge is -2.26. The first-order valence-corrected chi connectivity index (χ1v) is 12.9. The van der Waals surface area contributed by atoms with Crippen LogP contribution in [0.2, 0.25) is 10.0 Å². The van der Waals surface area contributed by atoms with Crippen molar-refractivity contribution in [2.24, 2.45) is 0 Å². The lowest BCUT2D eigenvalue weighted by molar-refractivity contribution is -0.122. The van der Waals surface area contributed by atoms with E-state index in [2.05, 4.69) is 25.8 Å². The van der Waals surface area contributed by atoms with E-state index < -0.39 is 17.8 Å². The van der Waals surface area contributed by atoms with Crippen LogP contribution in [0.5, 0.6) is 0 Å². The van der Waals surface area contributed by atoms with Crippen molar-refractivity contribution in [3.8, 4) is 0 Å². The number of nitrogens with zero attached hydrogens (tertiary/aromatic N) is 2. The first-order valence-electron chi connectivity index (χ1n) is 11.3. The van der Waals surface area contributed by atoms with Crippen molar-refractivity contribution >= 4 is 79.6 Å². The summed E-state index contributed by atoms with van der Waals surface area (Å²) in [5.74, 6) is -1.43. The van der Waals surface area contributed by atoms with Gasteiger partial charge in [-0.15, -0.1) is 0 Å². The SMILES string of the molecule is Cc1cc(N2C(=O)NC(=O)/C(=C\c3c(C)n(Cc4ccc(Cl)cc4Cl)c4ccccc34)C2=O)ccc1Br. The molecule has 2 heterocycles. The third kappa shape index (κ3) is 4.59. The van der Waals surface area contributed by atoms with Crippen LogP contribution in [0.1, 0.15) is 22.4 Å². The summed E-state index contributed by atoms with van der Waals surface area (Å²) < 4.78 is 2.92. The number of benzene rings is 3. The second-order valence-electron chi connectivity index (χ2n) is 8.73. The fourth-order valence-electron chi connectivity index (χ4n) is 4.47. The second-order valence-corrected chi connectivity index (χ2v) is 10.4. The van der Waals surface area contributed by atoms with Gasteiger partial charge in [0.15, 0.2) is 0 Å². The molecule has 9 heteroatoms. The number of carbonyl (C=O) groups is 3. The molecule has 5 rings (SSSR count). The average Bonchev–Trinajstić information content (AvgIpc) is 3.11. The van der Waals surface area contributed by atoms with Gasteiger partial charge in [-0.1, -0.05) is 63.4 Å². The molecular weight excluding hydrogens is 577 g/mol. The maximum absolute atomic E-state index is 13.5. The summed E-state index contributed by atoms with van der Waals surface area (Å²) in [6, 6.07) is 17.4. The first kappa shape index (κ1) is 25.3. The summed E-state index contributed by atoms with van der Waals surface area (Å²) in [5.41, 5.74) is 4.43. The molecule has 186 valence electrons. The molecule has 4 aromatic rings. The molecule has 1 N–H and O–H groups in total. The predicted octanol–water partition coefficient (Wildman–Crippen LogP) is 7.04. The van der Waals surface area contributed by atoms with Gasteiger partial charge in [0, 0.05) is 43.2 Å². The zero-order chi connectivity index (χ0) is 26.4. The Bertz CT molecular complexity index is 1660. The van der Waals surface area contributed by atoms with Gasteiger partial charge in [0.05, 0.1) is 5.69 Å². The molecule has 0 bridgehead atoms. The normalized spacial score (nSPS) is 15.1. The van der Waals surface area contributed by atoms with Gasteiger partial charge in [-0.3, -0.25) is 14.9 Å². The number of amides is 4. The van der Waals surface area contributed by atoms with Crippen molar-refractivity contribution in [2.75, 3.05) is 4.90 Å². The third-order valence-corrected chi connectivity index (χ3v) is 7.89. The number of hydrogen-bond donors (Lipinski definition) is 1. The maximum atomic E-state index is 13.5. The van der Waals surface area contributed by atoms with E-state index in [1.54, 1.807) is 36.4 Å². The third-order valence-electron chi connectivity index (χ3n) is 6.41. The minimum absolute atomic E-state index is 0.129. The number of carbonyl (C=O) groups excluding carboxylic acids is 3. The number of urea groups is 1. The molecule has 0 unspecified atom stereocenters. The number of barbiturate groups is 1. The number of rotatable bonds is 4. The number of halogens is 3. The largest absolute Gasteiger partial charge is 0.340 e. The zero-order valence-corrected chi connectivity index (χ0v) is 22.9. The highest BCUT2D eigenvalue weighted by molar-refractivity contribution is 9.10. The van der Waals surface area contributed by atoms with Crippen molar-refractivity contribution in [3.05, 3.63) is 103 Å². The van der Waals surface area contributed by atoms with Gasteiger partial charge in [-0.2, -0.15) is 0 Å². The molecule has 6 nitrogen and oxygen atoms in total. The Hall–Kier alpha value is -3.39. The summed E-state index contributed by atoms with van der Waals surface area (Å²) >= 11 is 15.9. The molecule has 1 aliphatic rings. The second kappa shape index (κ2) is 9.82. The summed E-state index contributed by atoms with van der Waals surface area (Å²) in [6.07, 6.45) is 1.56. The standard InChI is InChI=1S/C28H20BrCl2N3O3/c1-15-11-19(9-10-23(15)29)34-27(36)22(26(35)32-28(34)37)13-21-16(2)33(25-6-4-3-5-20(21)25)14-17-7-8-18(30)12-24(17)31/h3-13H,14H2,1-2H3,(H,32,35,37)/b22-13+. The van der Waals surface area contributed by atoms with Crippen LogP contribution >= 0.6 is 39.1 Å². The van der Waals surface area contributed by atoms with Crippen LogP contribution in [0.4, 0.5) is 10.5 Å². The fourth-order valence-corrected chi connectivity index (χ4v) is 5.18. The maximum Gasteiger partial charge on any atom is 0.335 e. The summed E-state index contributed by atoms with van der Waals surface area (Å²) in [6.45, 7) is 4.24. The van der Waals surface area contributed by atoms with E-state index in [1.807, 2.05) is 44.2 Å². The lowest BCUT2D eigenvalue weighted by Crippen LogP contribution is -2.54. The van der Waals surface area contributed by atoms with Gasteiger partial charge in [-0.05, 0) is 67.4 Å². The monoisotopic (exact) mass is 595 g/mol. The van der Waals surface area contributed by atoms with E-state index in [1.165, 1.54) is 0 Å². The quantitative estimate of drug-likeness (QED) is 0.203. The van der Waals surface area contributed by atoms with Crippen LogP contribution in [-0.2, 0) is 16.1 Å². The Labute approximate surface area is 231 Å². The zero-order valence-electron chi connectivity index (χ0n) is 19.8. The molecule has 0 atom stereocenters. The van der Waals surface area contributed by atoms with Crippen LogP contribution in [0, 0.1) is 13.8 Å². The molecular formula is C28H20BrCl2N3O3. The van der Waals surface area contributed by atoms with E-state index in [0.29, 0.717) is 27.8 Å². The van der Waals surface area contributed by atoms with Crippen LogP contribution < -0.4 is 10.2 Å². The van der Waals surface area contributed by atoms with E-state index >= 15 is 0 Å². The molecule has 4 amide bonds. The van der Waals surface area contributed by atoms with Gasteiger partial charge in [0.1, 0.15) is 5.57 Å². The van der Waals surface area contributed by atoms with Gasteiger partial charge in [0.25, 0.3) is 11.8 Å². The number of aryl methyl sites for hydroxylation is 1. The van der Waals surface area contributed by atoms with Crippen molar-refractivity contribution in [1.82, 2.24) is 9.88 Å². The Kier molecular flexibility index (Phi) is 6.70. The first-order chi connectivity index (χ1) is 17.7. The number of anilines is 1. The number of nitrogens with one attached hydrogen (secondary N) is 1. The van der Waals surface area contributed by atoms with Crippen LogP contribution in [0.15, 0.2) is 70.7 Å². The van der Waals surface area contributed by atoms with Crippen LogP contribution in [-0.4, -0.2) is 22.4 Å². The Morgan fingerprint density at radius 1 is 0.973 bits per heavy atom. The fraction of sp³-hybridized carbons (Fsp3) is 0.107. The smallest absolute Gasteiger partial charge is 0.335 e. The summed E-state index contributed by atoms with van der Waals surface area (Å²) in [4.78, 5) is 40.0. The molecule has 0 spiro atoms. The van der Waals surface area contributed by atoms with E-state index in [4.69, 9.17) is 23.2 Å². The Balaban J connectivity index is 1.62. The minimum atomic E-state index is -0.787. The van der Waals surface area contributed by atoms with Crippen molar-refractivity contribution in [1.29, 1.82) is 0 Å². The van der Waals surface area contributed by atoms with Crippen molar-refractivity contribution < 1.29 is 14.4 Å².